The smallest absolute Gasteiger partial charge is 0.346 e. The number of esters is 1. The number of hydrogen-bond acceptors (Lipinski definition) is 5. The lowest BCUT2D eigenvalue weighted by molar-refractivity contribution is -0.388. The number of hydrogen-bond donors (Lipinski definition) is 0. The van der Waals surface area contributed by atoms with Crippen molar-refractivity contribution in [2.45, 2.75) is 19.3 Å². The molecule has 0 saturated carbocycles. The van der Waals surface area contributed by atoms with Gasteiger partial charge in [-0.15, -0.1) is 0 Å². The molecule has 0 unspecified atom stereocenters. The summed E-state index contributed by atoms with van der Waals surface area (Å²) in [6.45, 7) is 3.05. The molecule has 0 saturated heterocycles. The Labute approximate surface area is 109 Å². The minimum atomic E-state index is -1.14. The van der Waals surface area contributed by atoms with Crippen molar-refractivity contribution in [3.63, 3.8) is 0 Å². The van der Waals surface area contributed by atoms with Crippen molar-refractivity contribution in [1.82, 2.24) is 0 Å². The molecule has 0 aliphatic rings. The number of benzene rings is 1. The second kappa shape index (κ2) is 5.21. The number of ether oxygens (including phenoxy) is 2. The van der Waals surface area contributed by atoms with E-state index in [2.05, 4.69) is 4.74 Å². The van der Waals surface area contributed by atoms with Gasteiger partial charge in [0.05, 0.1) is 24.6 Å². The molecule has 0 heterocycles. The molecular weight excluding hydrogens is 257 g/mol. The second-order valence-electron chi connectivity index (χ2n) is 4.38. The third-order valence-corrected chi connectivity index (χ3v) is 2.85. The summed E-state index contributed by atoms with van der Waals surface area (Å²) in [5.41, 5.74) is -1.66. The van der Waals surface area contributed by atoms with Gasteiger partial charge in [0.15, 0.2) is 5.75 Å². The molecule has 1 aromatic carbocycles. The number of carbonyl (C=O) groups excluding carboxylic acids is 1. The molecule has 7 heteroatoms. The highest BCUT2D eigenvalue weighted by atomic mass is 19.1. The van der Waals surface area contributed by atoms with Crippen LogP contribution >= 0.6 is 0 Å². The fourth-order valence-electron chi connectivity index (χ4n) is 1.64. The van der Waals surface area contributed by atoms with Gasteiger partial charge in [-0.1, -0.05) is 0 Å². The van der Waals surface area contributed by atoms with Crippen LogP contribution in [0.1, 0.15) is 19.4 Å². The van der Waals surface area contributed by atoms with Crippen molar-refractivity contribution in [2.75, 3.05) is 14.2 Å². The molecule has 0 aromatic heterocycles. The van der Waals surface area contributed by atoms with E-state index in [-0.39, 0.29) is 11.3 Å². The fraction of sp³-hybridized carbons (Fsp3) is 0.417. The first-order valence-corrected chi connectivity index (χ1v) is 5.36. The Morgan fingerprint density at radius 1 is 1.37 bits per heavy atom. The Morgan fingerprint density at radius 3 is 2.37 bits per heavy atom. The maximum Gasteiger partial charge on any atom is 0.346 e. The summed E-state index contributed by atoms with van der Waals surface area (Å²) in [4.78, 5) is 21.5. The van der Waals surface area contributed by atoms with E-state index in [4.69, 9.17) is 4.74 Å². The predicted octanol–water partition coefficient (Wildman–Crippen LogP) is 2.19. The normalized spacial score (nSPS) is 11.0. The van der Waals surface area contributed by atoms with Crippen molar-refractivity contribution < 1.29 is 23.6 Å². The minimum absolute atomic E-state index is 0.235. The number of halogens is 1. The van der Waals surface area contributed by atoms with Crippen molar-refractivity contribution in [3.05, 3.63) is 33.6 Å². The molecule has 1 aromatic rings. The summed E-state index contributed by atoms with van der Waals surface area (Å²) in [7, 11) is 2.40. The number of methoxy groups -OCH3 is 2. The molecule has 0 amide bonds. The summed E-state index contributed by atoms with van der Waals surface area (Å²) >= 11 is 0. The molecule has 6 nitrogen and oxygen atoms in total. The zero-order chi connectivity index (χ0) is 14.8. The average Bonchev–Trinajstić information content (AvgIpc) is 2.35. The lowest BCUT2D eigenvalue weighted by Gasteiger charge is -2.22. The third kappa shape index (κ3) is 2.64. The van der Waals surface area contributed by atoms with Crippen LogP contribution in [0.3, 0.4) is 0 Å². The fourth-order valence-corrected chi connectivity index (χ4v) is 1.64. The Bertz CT molecular complexity index is 527. The van der Waals surface area contributed by atoms with E-state index in [1.165, 1.54) is 34.1 Å². The average molecular weight is 271 g/mol. The van der Waals surface area contributed by atoms with Crippen LogP contribution < -0.4 is 4.74 Å². The second-order valence-corrected chi connectivity index (χ2v) is 4.38. The Kier molecular flexibility index (Phi) is 4.08. The van der Waals surface area contributed by atoms with Gasteiger partial charge in [0.25, 0.3) is 0 Å². The van der Waals surface area contributed by atoms with Crippen LogP contribution in [-0.4, -0.2) is 25.1 Å². The van der Waals surface area contributed by atoms with Gasteiger partial charge < -0.3 is 9.47 Å². The summed E-state index contributed by atoms with van der Waals surface area (Å²) in [6.07, 6.45) is 0. The SMILES string of the molecule is COC(=O)C(C)(C)c1cc(F)c([N+](=O)[O-])c(OC)c1. The molecule has 0 N–H and O–H groups in total. The minimum Gasteiger partial charge on any atom is -0.490 e. The molecular formula is C12H14FNO5. The number of rotatable bonds is 4. The molecule has 0 bridgehead atoms. The first-order chi connectivity index (χ1) is 8.75. The Morgan fingerprint density at radius 2 is 1.95 bits per heavy atom. The van der Waals surface area contributed by atoms with Crippen LogP contribution in [-0.2, 0) is 14.9 Å². The molecule has 104 valence electrons. The molecule has 0 atom stereocenters. The van der Waals surface area contributed by atoms with E-state index < -0.39 is 27.8 Å². The standard InChI is InChI=1S/C12H14FNO5/c1-12(2,11(15)19-4)7-5-8(13)10(14(16)17)9(6-7)18-3/h5-6H,1-4H3. The van der Waals surface area contributed by atoms with Gasteiger partial charge >= 0.3 is 11.7 Å². The first kappa shape index (κ1) is 14.9. The number of nitro benzene ring substituents is 1. The molecule has 1 rings (SSSR count). The molecule has 0 radical (unpaired) electrons. The van der Waals surface area contributed by atoms with Gasteiger partial charge in [0, 0.05) is 0 Å². The van der Waals surface area contributed by atoms with Crippen LogP contribution in [0, 0.1) is 15.9 Å². The first-order valence-electron chi connectivity index (χ1n) is 5.36. The van der Waals surface area contributed by atoms with Crippen LogP contribution in [0.2, 0.25) is 0 Å². The van der Waals surface area contributed by atoms with E-state index in [1.54, 1.807) is 0 Å². The van der Waals surface area contributed by atoms with E-state index in [1.807, 2.05) is 0 Å². The monoisotopic (exact) mass is 271 g/mol. The Balaban J connectivity index is 3.45. The van der Waals surface area contributed by atoms with E-state index >= 15 is 0 Å². The van der Waals surface area contributed by atoms with Crippen molar-refractivity contribution in [2.24, 2.45) is 0 Å². The van der Waals surface area contributed by atoms with Gasteiger partial charge in [-0.3, -0.25) is 14.9 Å². The molecule has 0 spiro atoms. The highest BCUT2D eigenvalue weighted by molar-refractivity contribution is 5.82. The van der Waals surface area contributed by atoms with Gasteiger partial charge in [-0.05, 0) is 31.5 Å². The van der Waals surface area contributed by atoms with Crippen molar-refractivity contribution in [1.29, 1.82) is 0 Å². The largest absolute Gasteiger partial charge is 0.490 e. The molecule has 0 fully saturated rings. The van der Waals surface area contributed by atoms with Crippen LogP contribution in [0.4, 0.5) is 10.1 Å². The molecule has 19 heavy (non-hydrogen) atoms. The lowest BCUT2D eigenvalue weighted by atomic mass is 9.84. The lowest BCUT2D eigenvalue weighted by Crippen LogP contribution is -2.30. The zero-order valence-corrected chi connectivity index (χ0v) is 11.0. The topological polar surface area (TPSA) is 78.7 Å². The van der Waals surface area contributed by atoms with Gasteiger partial charge in [-0.25, -0.2) is 0 Å². The van der Waals surface area contributed by atoms with Gasteiger partial charge in [0.2, 0.25) is 5.82 Å². The molecule has 0 aliphatic carbocycles. The zero-order valence-electron chi connectivity index (χ0n) is 11.0. The van der Waals surface area contributed by atoms with Crippen molar-refractivity contribution in [3.8, 4) is 5.75 Å². The van der Waals surface area contributed by atoms with Crippen molar-refractivity contribution >= 4 is 11.7 Å². The number of carbonyl (C=O) groups is 1. The summed E-state index contributed by atoms with van der Waals surface area (Å²) < 4.78 is 23.2. The quantitative estimate of drug-likeness (QED) is 0.476. The molecule has 0 aliphatic heterocycles. The summed E-state index contributed by atoms with van der Waals surface area (Å²) in [5.74, 6) is -1.88. The van der Waals surface area contributed by atoms with E-state index in [0.717, 1.165) is 6.07 Å². The van der Waals surface area contributed by atoms with E-state index in [9.17, 15) is 19.3 Å². The third-order valence-electron chi connectivity index (χ3n) is 2.85. The van der Waals surface area contributed by atoms with Crippen LogP contribution in [0.5, 0.6) is 5.75 Å². The van der Waals surface area contributed by atoms with Gasteiger partial charge in [0.1, 0.15) is 0 Å². The van der Waals surface area contributed by atoms with Crippen LogP contribution in [0.25, 0.3) is 0 Å². The maximum atomic E-state index is 13.8. The summed E-state index contributed by atoms with van der Waals surface area (Å²) in [5, 5.41) is 10.7. The summed E-state index contributed by atoms with van der Waals surface area (Å²) in [6, 6.07) is 2.20. The highest BCUT2D eigenvalue weighted by Crippen LogP contribution is 2.36. The number of nitrogens with zero attached hydrogens (tertiary/aromatic N) is 1. The van der Waals surface area contributed by atoms with E-state index in [0.29, 0.717) is 0 Å². The maximum absolute atomic E-state index is 13.8. The Hall–Kier alpha value is -2.18. The highest BCUT2D eigenvalue weighted by Gasteiger charge is 2.34. The number of nitro groups is 1. The van der Waals surface area contributed by atoms with Crippen LogP contribution in [0.15, 0.2) is 12.1 Å². The predicted molar refractivity (Wildman–Crippen MR) is 64.6 cm³/mol. The van der Waals surface area contributed by atoms with Gasteiger partial charge in [-0.2, -0.15) is 4.39 Å².